The molecule has 2 N–H and O–H groups in total. The molecule has 0 radical (unpaired) electrons. The Labute approximate surface area is 156 Å². The summed E-state index contributed by atoms with van der Waals surface area (Å²) >= 11 is 0. The molecule has 27 heavy (non-hydrogen) atoms. The Balaban J connectivity index is 1.57. The second-order valence-electron chi connectivity index (χ2n) is 6.01. The zero-order valence-corrected chi connectivity index (χ0v) is 15.0. The van der Waals surface area contributed by atoms with Crippen LogP contribution in [-0.2, 0) is 0 Å². The maximum absolute atomic E-state index is 13.0. The van der Waals surface area contributed by atoms with Crippen molar-refractivity contribution in [3.8, 4) is 22.8 Å². The summed E-state index contributed by atoms with van der Waals surface area (Å²) in [5.74, 6) is 0.623. The zero-order valence-electron chi connectivity index (χ0n) is 15.0. The largest absolute Gasteiger partial charge is 0.493 e. The van der Waals surface area contributed by atoms with Crippen LogP contribution in [0.25, 0.3) is 11.3 Å². The number of nitrogens with zero attached hydrogens (tertiary/aromatic N) is 1. The van der Waals surface area contributed by atoms with E-state index in [1.807, 2.05) is 19.1 Å². The number of carbonyl (C=O) groups excluding carboxylic acids is 1. The number of ether oxygens (including phenoxy) is 2. The molecule has 7 heteroatoms. The van der Waals surface area contributed by atoms with Crippen molar-refractivity contribution in [1.29, 1.82) is 0 Å². The van der Waals surface area contributed by atoms with Gasteiger partial charge in [-0.2, -0.15) is 5.10 Å². The molecule has 0 spiro atoms. The average molecular weight is 369 g/mol. The van der Waals surface area contributed by atoms with E-state index in [4.69, 9.17) is 9.47 Å². The summed E-state index contributed by atoms with van der Waals surface area (Å²) in [7, 11) is 1.57. The molecule has 0 saturated carbocycles. The van der Waals surface area contributed by atoms with E-state index in [2.05, 4.69) is 15.5 Å². The first-order valence-corrected chi connectivity index (χ1v) is 8.45. The lowest BCUT2D eigenvalue weighted by atomic mass is 10.1. The van der Waals surface area contributed by atoms with Crippen LogP contribution < -0.4 is 14.8 Å². The zero-order chi connectivity index (χ0) is 19.2. The lowest BCUT2D eigenvalue weighted by Gasteiger charge is -2.16. The van der Waals surface area contributed by atoms with Gasteiger partial charge in [-0.25, -0.2) is 4.39 Å². The van der Waals surface area contributed by atoms with E-state index in [-0.39, 0.29) is 24.4 Å². The predicted octanol–water partition coefficient (Wildman–Crippen LogP) is 3.42. The average Bonchev–Trinajstić information content (AvgIpc) is 3.17. The first-order valence-electron chi connectivity index (χ1n) is 8.45. The number of halogens is 1. The Morgan fingerprint density at radius 3 is 2.59 bits per heavy atom. The molecule has 0 fully saturated rings. The number of hydrogen-bond acceptors (Lipinski definition) is 4. The van der Waals surface area contributed by atoms with Crippen LogP contribution in [0.5, 0.6) is 11.5 Å². The van der Waals surface area contributed by atoms with Crippen LogP contribution in [0, 0.1) is 5.82 Å². The highest BCUT2D eigenvalue weighted by atomic mass is 19.1. The van der Waals surface area contributed by atoms with Crippen LogP contribution in [0.15, 0.2) is 54.6 Å². The van der Waals surface area contributed by atoms with Crippen LogP contribution in [-0.4, -0.2) is 35.9 Å². The molecule has 1 atom stereocenters. The Morgan fingerprint density at radius 2 is 1.89 bits per heavy atom. The standard InChI is InChI=1S/C20H20FN3O3/c1-13(12-27-19-6-4-3-5-18(19)26-2)22-20(25)17-11-16(23-24-17)14-7-9-15(21)10-8-14/h3-11,13H,12H2,1-2H3,(H,22,25)(H,23,24)/t13-/m1/s1. The second-order valence-corrected chi connectivity index (χ2v) is 6.01. The number of H-pyrrole nitrogens is 1. The highest BCUT2D eigenvalue weighted by molar-refractivity contribution is 5.93. The Morgan fingerprint density at radius 1 is 1.19 bits per heavy atom. The van der Waals surface area contributed by atoms with Crippen molar-refractivity contribution in [2.24, 2.45) is 0 Å². The van der Waals surface area contributed by atoms with Gasteiger partial charge in [-0.1, -0.05) is 12.1 Å². The summed E-state index contributed by atoms with van der Waals surface area (Å²) in [5, 5.41) is 9.65. The number of hydrogen-bond donors (Lipinski definition) is 2. The molecule has 0 saturated heterocycles. The number of nitrogens with one attached hydrogen (secondary N) is 2. The minimum atomic E-state index is -0.323. The monoisotopic (exact) mass is 369 g/mol. The van der Waals surface area contributed by atoms with Gasteiger partial charge in [0.15, 0.2) is 11.5 Å². The van der Waals surface area contributed by atoms with Crippen molar-refractivity contribution in [1.82, 2.24) is 15.5 Å². The van der Waals surface area contributed by atoms with E-state index < -0.39 is 0 Å². The summed E-state index contributed by atoms with van der Waals surface area (Å²) in [6.45, 7) is 2.12. The van der Waals surface area contributed by atoms with Crippen LogP contribution in [0.2, 0.25) is 0 Å². The van der Waals surface area contributed by atoms with Crippen molar-refractivity contribution in [3.05, 3.63) is 66.1 Å². The molecule has 3 aromatic rings. The molecule has 0 unspecified atom stereocenters. The van der Waals surface area contributed by atoms with E-state index >= 15 is 0 Å². The number of para-hydroxylation sites is 2. The molecular weight excluding hydrogens is 349 g/mol. The van der Waals surface area contributed by atoms with Crippen molar-refractivity contribution in [2.75, 3.05) is 13.7 Å². The smallest absolute Gasteiger partial charge is 0.269 e. The molecule has 0 aliphatic rings. The molecule has 1 heterocycles. The van der Waals surface area contributed by atoms with Gasteiger partial charge < -0.3 is 14.8 Å². The number of rotatable bonds is 7. The highest BCUT2D eigenvalue weighted by Crippen LogP contribution is 2.25. The molecule has 2 aromatic carbocycles. The van der Waals surface area contributed by atoms with Crippen molar-refractivity contribution < 1.29 is 18.7 Å². The van der Waals surface area contributed by atoms with Crippen molar-refractivity contribution in [2.45, 2.75) is 13.0 Å². The quantitative estimate of drug-likeness (QED) is 0.669. The lowest BCUT2D eigenvalue weighted by molar-refractivity contribution is 0.0921. The minimum absolute atomic E-state index is 0.236. The first-order chi connectivity index (χ1) is 13.1. The van der Waals surface area contributed by atoms with Crippen LogP contribution in [0.1, 0.15) is 17.4 Å². The van der Waals surface area contributed by atoms with Gasteiger partial charge in [-0.15, -0.1) is 0 Å². The minimum Gasteiger partial charge on any atom is -0.493 e. The van der Waals surface area contributed by atoms with Gasteiger partial charge in [0.2, 0.25) is 0 Å². The summed E-state index contributed by atoms with van der Waals surface area (Å²) < 4.78 is 24.0. The summed E-state index contributed by atoms with van der Waals surface area (Å²) in [4.78, 5) is 12.4. The summed E-state index contributed by atoms with van der Waals surface area (Å²) in [6.07, 6.45) is 0. The Kier molecular flexibility index (Phi) is 5.71. The topological polar surface area (TPSA) is 76.2 Å². The molecule has 0 aliphatic carbocycles. The van der Waals surface area contributed by atoms with Gasteiger partial charge in [0.25, 0.3) is 5.91 Å². The highest BCUT2D eigenvalue weighted by Gasteiger charge is 2.14. The number of aromatic nitrogens is 2. The van der Waals surface area contributed by atoms with E-state index in [1.54, 1.807) is 37.4 Å². The third-order valence-electron chi connectivity index (χ3n) is 3.90. The number of benzene rings is 2. The van der Waals surface area contributed by atoms with Gasteiger partial charge in [0, 0.05) is 5.56 Å². The Bertz CT molecular complexity index is 909. The number of carbonyl (C=O) groups is 1. The summed E-state index contributed by atoms with van der Waals surface area (Å²) in [5.41, 5.74) is 1.61. The molecule has 3 rings (SSSR count). The number of amides is 1. The van der Waals surface area contributed by atoms with E-state index in [0.29, 0.717) is 22.9 Å². The fourth-order valence-corrected chi connectivity index (χ4v) is 2.50. The predicted molar refractivity (Wildman–Crippen MR) is 99.4 cm³/mol. The van der Waals surface area contributed by atoms with E-state index in [9.17, 15) is 9.18 Å². The van der Waals surface area contributed by atoms with Crippen LogP contribution in [0.4, 0.5) is 4.39 Å². The number of methoxy groups -OCH3 is 1. The molecule has 6 nitrogen and oxygen atoms in total. The normalized spacial score (nSPS) is 11.7. The van der Waals surface area contributed by atoms with Crippen LogP contribution in [0.3, 0.4) is 0 Å². The van der Waals surface area contributed by atoms with Gasteiger partial charge in [0.05, 0.1) is 18.8 Å². The molecule has 1 aromatic heterocycles. The van der Waals surface area contributed by atoms with E-state index in [0.717, 1.165) is 5.56 Å². The second kappa shape index (κ2) is 8.35. The fraction of sp³-hybridized carbons (Fsp3) is 0.200. The molecule has 1 amide bonds. The van der Waals surface area contributed by atoms with E-state index in [1.165, 1.54) is 12.1 Å². The maximum atomic E-state index is 13.0. The van der Waals surface area contributed by atoms with Gasteiger partial charge in [0.1, 0.15) is 18.1 Å². The number of aromatic amines is 1. The lowest BCUT2D eigenvalue weighted by Crippen LogP contribution is -2.37. The first kappa shape index (κ1) is 18.4. The molecule has 0 bridgehead atoms. The molecule has 0 aliphatic heterocycles. The van der Waals surface area contributed by atoms with Gasteiger partial charge in [-0.05, 0) is 49.4 Å². The maximum Gasteiger partial charge on any atom is 0.269 e. The summed E-state index contributed by atoms with van der Waals surface area (Å²) in [6, 6.07) is 14.6. The van der Waals surface area contributed by atoms with Gasteiger partial charge in [-0.3, -0.25) is 9.89 Å². The third kappa shape index (κ3) is 4.63. The Hall–Kier alpha value is -3.35. The van der Waals surface area contributed by atoms with Gasteiger partial charge >= 0.3 is 0 Å². The van der Waals surface area contributed by atoms with Crippen molar-refractivity contribution in [3.63, 3.8) is 0 Å². The third-order valence-corrected chi connectivity index (χ3v) is 3.90. The molecular formula is C20H20FN3O3. The fourth-order valence-electron chi connectivity index (χ4n) is 2.50. The van der Waals surface area contributed by atoms with Crippen LogP contribution >= 0.6 is 0 Å². The molecule has 140 valence electrons. The SMILES string of the molecule is COc1ccccc1OC[C@@H](C)NC(=O)c1cc(-c2ccc(F)cc2)n[nH]1. The van der Waals surface area contributed by atoms with Crippen molar-refractivity contribution >= 4 is 5.91 Å².